The number of imidazole rings is 1. The molecule has 98 valence electrons. The monoisotopic (exact) mass is 266 g/mol. The smallest absolute Gasteiger partial charge is 0.217 e. The van der Waals surface area contributed by atoms with E-state index in [0.29, 0.717) is 6.42 Å². The van der Waals surface area contributed by atoms with Crippen LogP contribution in [0.15, 0.2) is 6.20 Å². The number of aromatic nitrogens is 2. The van der Waals surface area contributed by atoms with Crippen LogP contribution in [0.5, 0.6) is 0 Å². The number of carbonyl (C=O) groups excluding carboxylic acids is 1. The molecule has 0 radical (unpaired) electrons. The fraction of sp³-hybridized carbons (Fsp3) is 0.500. The number of carbonyl (C=O) groups is 1. The molecule has 0 spiro atoms. The average molecular weight is 266 g/mol. The van der Waals surface area contributed by atoms with Gasteiger partial charge in [0, 0.05) is 24.0 Å². The maximum Gasteiger partial charge on any atom is 0.217 e. The molecule has 0 atom stereocenters. The summed E-state index contributed by atoms with van der Waals surface area (Å²) >= 11 is 1.70. The Bertz CT molecular complexity index is 558. The number of fused-ring (bicyclic) bond motifs is 1. The van der Waals surface area contributed by atoms with Crippen LogP contribution >= 0.6 is 11.3 Å². The van der Waals surface area contributed by atoms with Crippen LogP contribution in [0.1, 0.15) is 29.1 Å². The molecule has 2 heterocycles. The fourth-order valence-corrected chi connectivity index (χ4v) is 2.81. The quantitative estimate of drug-likeness (QED) is 0.776. The van der Waals surface area contributed by atoms with Crippen molar-refractivity contribution < 1.29 is 4.79 Å². The van der Waals surface area contributed by atoms with Gasteiger partial charge in [-0.3, -0.25) is 9.20 Å². The molecule has 0 saturated carbocycles. The minimum absolute atomic E-state index is 0.242. The van der Waals surface area contributed by atoms with Crippen molar-refractivity contribution in [2.24, 2.45) is 5.73 Å². The highest BCUT2D eigenvalue weighted by Gasteiger charge is 2.10. The Morgan fingerprint density at radius 1 is 1.56 bits per heavy atom. The fourth-order valence-electron chi connectivity index (χ4n) is 1.92. The van der Waals surface area contributed by atoms with Crippen molar-refractivity contribution in [1.82, 2.24) is 14.7 Å². The molecule has 6 heteroatoms. The minimum atomic E-state index is -0.242. The van der Waals surface area contributed by atoms with Gasteiger partial charge in [0.05, 0.1) is 11.4 Å². The van der Waals surface area contributed by atoms with E-state index in [2.05, 4.69) is 27.8 Å². The Balaban J connectivity index is 1.94. The Hall–Kier alpha value is -1.40. The van der Waals surface area contributed by atoms with Crippen molar-refractivity contribution in [3.05, 3.63) is 22.5 Å². The van der Waals surface area contributed by atoms with Gasteiger partial charge in [0.2, 0.25) is 5.91 Å². The van der Waals surface area contributed by atoms with E-state index in [0.717, 1.165) is 30.2 Å². The number of amides is 1. The number of thiazole rings is 1. The number of primary amides is 1. The van der Waals surface area contributed by atoms with Gasteiger partial charge >= 0.3 is 0 Å². The van der Waals surface area contributed by atoms with Crippen molar-refractivity contribution in [2.45, 2.75) is 33.2 Å². The largest absolute Gasteiger partial charge is 0.370 e. The third-order valence-corrected chi connectivity index (χ3v) is 3.71. The van der Waals surface area contributed by atoms with Crippen LogP contribution in [-0.4, -0.2) is 21.8 Å². The normalized spacial score (nSPS) is 11.2. The van der Waals surface area contributed by atoms with Gasteiger partial charge in [-0.2, -0.15) is 0 Å². The molecular formula is C12H18N4OS. The maximum atomic E-state index is 10.6. The molecule has 5 nitrogen and oxygen atoms in total. The summed E-state index contributed by atoms with van der Waals surface area (Å²) in [6.07, 6.45) is 3.32. The van der Waals surface area contributed by atoms with Gasteiger partial charge in [0.25, 0.3) is 0 Å². The molecule has 2 rings (SSSR count). The molecule has 0 unspecified atom stereocenters. The number of aryl methyl sites for hydroxylation is 2. The average Bonchev–Trinajstić information content (AvgIpc) is 2.75. The van der Waals surface area contributed by atoms with Crippen molar-refractivity contribution in [2.75, 3.05) is 6.54 Å². The molecule has 0 fully saturated rings. The zero-order valence-corrected chi connectivity index (χ0v) is 11.5. The second-order valence-corrected chi connectivity index (χ2v) is 5.60. The van der Waals surface area contributed by atoms with E-state index < -0.39 is 0 Å². The van der Waals surface area contributed by atoms with Crippen molar-refractivity contribution in [1.29, 1.82) is 0 Å². The molecule has 1 amide bonds. The first kappa shape index (κ1) is 13.0. The van der Waals surface area contributed by atoms with Gasteiger partial charge in [-0.1, -0.05) is 0 Å². The Morgan fingerprint density at radius 2 is 2.33 bits per heavy atom. The number of hydrogen-bond donors (Lipinski definition) is 2. The van der Waals surface area contributed by atoms with Crippen LogP contribution in [0.3, 0.4) is 0 Å². The molecule has 0 aliphatic heterocycles. The van der Waals surface area contributed by atoms with Crippen LogP contribution in [0, 0.1) is 13.8 Å². The number of nitrogens with zero attached hydrogens (tertiary/aromatic N) is 2. The van der Waals surface area contributed by atoms with Crippen LogP contribution in [-0.2, 0) is 11.3 Å². The van der Waals surface area contributed by atoms with Crippen LogP contribution in [0.4, 0.5) is 0 Å². The molecule has 0 saturated heterocycles. The summed E-state index contributed by atoms with van der Waals surface area (Å²) in [5, 5.41) is 3.32. The molecule has 0 bridgehead atoms. The first-order valence-corrected chi connectivity index (χ1v) is 6.82. The van der Waals surface area contributed by atoms with Gasteiger partial charge < -0.3 is 11.1 Å². The lowest BCUT2D eigenvalue weighted by molar-refractivity contribution is -0.118. The number of nitrogens with two attached hydrogens (primary N) is 1. The Labute approximate surface area is 110 Å². The Kier molecular flexibility index (Phi) is 3.98. The molecule has 3 N–H and O–H groups in total. The molecular weight excluding hydrogens is 248 g/mol. The predicted molar refractivity (Wildman–Crippen MR) is 72.7 cm³/mol. The number of nitrogens with one attached hydrogen (secondary N) is 1. The first-order chi connectivity index (χ1) is 8.58. The molecule has 0 aliphatic carbocycles. The number of rotatable bonds is 6. The second-order valence-electron chi connectivity index (χ2n) is 4.38. The Morgan fingerprint density at radius 3 is 3.06 bits per heavy atom. The van der Waals surface area contributed by atoms with E-state index in [1.807, 2.05) is 6.92 Å². The summed E-state index contributed by atoms with van der Waals surface area (Å²) < 4.78 is 2.14. The number of hydrogen-bond acceptors (Lipinski definition) is 4. The van der Waals surface area contributed by atoms with Crippen molar-refractivity contribution in [3.63, 3.8) is 0 Å². The summed E-state index contributed by atoms with van der Waals surface area (Å²) in [4.78, 5) is 17.4. The third kappa shape index (κ3) is 2.88. The van der Waals surface area contributed by atoms with Crippen LogP contribution < -0.4 is 11.1 Å². The van der Waals surface area contributed by atoms with E-state index in [1.165, 1.54) is 10.6 Å². The highest BCUT2D eigenvalue weighted by atomic mass is 32.1. The second kappa shape index (κ2) is 5.49. The van der Waals surface area contributed by atoms with Crippen molar-refractivity contribution >= 4 is 22.2 Å². The topological polar surface area (TPSA) is 72.4 Å². The van der Waals surface area contributed by atoms with E-state index in [-0.39, 0.29) is 5.91 Å². The summed E-state index contributed by atoms with van der Waals surface area (Å²) in [7, 11) is 0. The van der Waals surface area contributed by atoms with Gasteiger partial charge in [0.1, 0.15) is 0 Å². The van der Waals surface area contributed by atoms with Gasteiger partial charge in [-0.25, -0.2) is 4.98 Å². The minimum Gasteiger partial charge on any atom is -0.370 e. The summed E-state index contributed by atoms with van der Waals surface area (Å²) in [5.74, 6) is -0.242. The lowest BCUT2D eigenvalue weighted by atomic mass is 10.3. The summed E-state index contributed by atoms with van der Waals surface area (Å²) in [5.41, 5.74) is 7.34. The highest BCUT2D eigenvalue weighted by Crippen LogP contribution is 2.20. The molecule has 18 heavy (non-hydrogen) atoms. The van der Waals surface area contributed by atoms with Gasteiger partial charge in [0.15, 0.2) is 4.96 Å². The van der Waals surface area contributed by atoms with Gasteiger partial charge in [-0.05, 0) is 26.8 Å². The molecule has 2 aromatic rings. The SMILES string of the molecule is Cc1cn2c(CNCCCC(N)=O)c(C)nc2s1. The predicted octanol–water partition coefficient (Wildman–Crippen LogP) is 1.37. The van der Waals surface area contributed by atoms with Gasteiger partial charge in [-0.15, -0.1) is 11.3 Å². The lowest BCUT2D eigenvalue weighted by Gasteiger charge is -2.04. The maximum absolute atomic E-state index is 10.6. The zero-order valence-electron chi connectivity index (χ0n) is 10.7. The lowest BCUT2D eigenvalue weighted by Crippen LogP contribution is -2.19. The molecule has 0 aromatic carbocycles. The highest BCUT2D eigenvalue weighted by molar-refractivity contribution is 7.17. The molecule has 0 aliphatic rings. The van der Waals surface area contributed by atoms with E-state index >= 15 is 0 Å². The summed E-state index contributed by atoms with van der Waals surface area (Å²) in [6, 6.07) is 0. The standard InChI is InChI=1S/C12H18N4OS/c1-8-7-16-10(9(2)15-12(16)18-8)6-14-5-3-4-11(13)17/h7,14H,3-6H2,1-2H3,(H2,13,17). The van der Waals surface area contributed by atoms with E-state index in [1.54, 1.807) is 11.3 Å². The van der Waals surface area contributed by atoms with E-state index in [9.17, 15) is 4.79 Å². The van der Waals surface area contributed by atoms with Crippen molar-refractivity contribution in [3.8, 4) is 0 Å². The third-order valence-electron chi connectivity index (χ3n) is 2.81. The zero-order chi connectivity index (χ0) is 13.1. The molecule has 2 aromatic heterocycles. The van der Waals surface area contributed by atoms with E-state index in [4.69, 9.17) is 5.73 Å². The van der Waals surface area contributed by atoms with Crippen LogP contribution in [0.25, 0.3) is 4.96 Å². The summed E-state index contributed by atoms with van der Waals surface area (Å²) in [6.45, 7) is 5.66. The first-order valence-electron chi connectivity index (χ1n) is 6.01. The van der Waals surface area contributed by atoms with Crippen LogP contribution in [0.2, 0.25) is 0 Å².